The van der Waals surface area contributed by atoms with Gasteiger partial charge >= 0.3 is 5.97 Å². The van der Waals surface area contributed by atoms with E-state index in [4.69, 9.17) is 4.74 Å². The molecule has 26 heavy (non-hydrogen) atoms. The van der Waals surface area contributed by atoms with Gasteiger partial charge in [-0.2, -0.15) is 0 Å². The molecule has 0 unspecified atom stereocenters. The highest BCUT2D eigenvalue weighted by Gasteiger charge is 2.23. The molecule has 0 aliphatic heterocycles. The zero-order valence-electron chi connectivity index (χ0n) is 14.2. The Bertz CT molecular complexity index is 894. The Kier molecular flexibility index (Phi) is 6.31. The van der Waals surface area contributed by atoms with E-state index in [1.165, 1.54) is 36.4 Å². The van der Waals surface area contributed by atoms with Gasteiger partial charge in [-0.25, -0.2) is 13.2 Å². The van der Waals surface area contributed by atoms with E-state index in [-0.39, 0.29) is 16.0 Å². The summed E-state index contributed by atoms with van der Waals surface area (Å²) in [6.07, 6.45) is 0. The lowest BCUT2D eigenvalue weighted by atomic mass is 10.2. The van der Waals surface area contributed by atoms with Crippen LogP contribution in [-0.4, -0.2) is 34.0 Å². The van der Waals surface area contributed by atoms with E-state index in [0.29, 0.717) is 12.4 Å². The zero-order chi connectivity index (χ0) is 19.2. The van der Waals surface area contributed by atoms with Gasteiger partial charge < -0.3 is 9.47 Å². The Morgan fingerprint density at radius 2 is 1.69 bits per heavy atom. The number of hydrazine groups is 1. The van der Waals surface area contributed by atoms with Crippen molar-refractivity contribution in [2.75, 3.05) is 13.7 Å². The minimum absolute atomic E-state index is 0.141. The number of hydrogen-bond donors (Lipinski definition) is 2. The molecule has 1 amide bonds. The number of hydrogen-bond acceptors (Lipinski definition) is 6. The van der Waals surface area contributed by atoms with Crippen LogP contribution in [0.3, 0.4) is 0 Å². The maximum atomic E-state index is 12.4. The highest BCUT2D eigenvalue weighted by molar-refractivity contribution is 7.89. The van der Waals surface area contributed by atoms with Crippen molar-refractivity contribution in [3.05, 3.63) is 59.7 Å². The van der Waals surface area contributed by atoms with Gasteiger partial charge in [0, 0.05) is 5.56 Å². The van der Waals surface area contributed by atoms with Gasteiger partial charge in [-0.05, 0) is 43.3 Å². The molecule has 0 aliphatic rings. The smallest absolute Gasteiger partial charge is 0.339 e. The van der Waals surface area contributed by atoms with E-state index in [1.54, 1.807) is 12.1 Å². The van der Waals surface area contributed by atoms with E-state index >= 15 is 0 Å². The molecule has 0 heterocycles. The second kappa shape index (κ2) is 8.45. The van der Waals surface area contributed by atoms with Crippen LogP contribution in [0.5, 0.6) is 5.75 Å². The number of amides is 1. The monoisotopic (exact) mass is 378 g/mol. The molecule has 0 radical (unpaired) electrons. The van der Waals surface area contributed by atoms with Crippen molar-refractivity contribution < 1.29 is 27.5 Å². The lowest BCUT2D eigenvalue weighted by molar-refractivity contribution is 0.0596. The van der Waals surface area contributed by atoms with Crippen molar-refractivity contribution in [2.45, 2.75) is 11.8 Å². The van der Waals surface area contributed by atoms with Gasteiger partial charge in [0.1, 0.15) is 5.75 Å². The summed E-state index contributed by atoms with van der Waals surface area (Å²) < 4.78 is 34.6. The van der Waals surface area contributed by atoms with Crippen molar-refractivity contribution in [2.24, 2.45) is 0 Å². The summed E-state index contributed by atoms with van der Waals surface area (Å²) >= 11 is 0. The third kappa shape index (κ3) is 4.58. The third-order valence-corrected chi connectivity index (χ3v) is 4.61. The molecular weight excluding hydrogens is 360 g/mol. The first kappa shape index (κ1) is 19.4. The van der Waals surface area contributed by atoms with Crippen LogP contribution in [0.15, 0.2) is 53.4 Å². The Balaban J connectivity index is 2.13. The fraction of sp³-hybridized carbons (Fsp3) is 0.176. The predicted molar refractivity (Wildman–Crippen MR) is 93.2 cm³/mol. The average Bonchev–Trinajstić information content (AvgIpc) is 2.66. The lowest BCUT2D eigenvalue weighted by Gasteiger charge is -2.11. The molecule has 2 aromatic carbocycles. The van der Waals surface area contributed by atoms with E-state index in [1.807, 2.05) is 11.8 Å². The quantitative estimate of drug-likeness (QED) is 0.558. The van der Waals surface area contributed by atoms with Crippen molar-refractivity contribution >= 4 is 21.9 Å². The Morgan fingerprint density at radius 1 is 1.04 bits per heavy atom. The molecule has 0 aromatic heterocycles. The molecule has 0 saturated carbocycles. The number of nitrogens with one attached hydrogen (secondary N) is 2. The van der Waals surface area contributed by atoms with Crippen molar-refractivity contribution in [3.8, 4) is 5.75 Å². The summed E-state index contributed by atoms with van der Waals surface area (Å²) in [6.45, 7) is 2.33. The van der Waals surface area contributed by atoms with Crippen LogP contribution in [0.4, 0.5) is 0 Å². The topological polar surface area (TPSA) is 111 Å². The molecule has 0 aliphatic carbocycles. The molecule has 2 rings (SSSR count). The van der Waals surface area contributed by atoms with Crippen LogP contribution in [0.25, 0.3) is 0 Å². The molecule has 0 fully saturated rings. The molecule has 2 N–H and O–H groups in total. The minimum atomic E-state index is -4.17. The van der Waals surface area contributed by atoms with Crippen LogP contribution in [0, 0.1) is 0 Å². The van der Waals surface area contributed by atoms with E-state index < -0.39 is 21.9 Å². The molecule has 0 atom stereocenters. The van der Waals surface area contributed by atoms with Crippen LogP contribution in [0.1, 0.15) is 27.6 Å². The summed E-state index contributed by atoms with van der Waals surface area (Å²) in [4.78, 5) is 25.5. The largest absolute Gasteiger partial charge is 0.494 e. The summed E-state index contributed by atoms with van der Waals surface area (Å²) in [5.74, 6) is -0.868. The molecule has 0 bridgehead atoms. The Labute approximate surface area is 151 Å². The fourth-order valence-electron chi connectivity index (χ4n) is 2.09. The molecule has 8 nitrogen and oxygen atoms in total. The number of sulfonamides is 1. The first-order valence-corrected chi connectivity index (χ1v) is 9.09. The lowest BCUT2D eigenvalue weighted by Crippen LogP contribution is -2.42. The summed E-state index contributed by atoms with van der Waals surface area (Å²) in [5.41, 5.74) is 2.20. The summed E-state index contributed by atoms with van der Waals surface area (Å²) in [5, 5.41) is 0. The van der Waals surface area contributed by atoms with Crippen LogP contribution in [0.2, 0.25) is 0 Å². The average molecular weight is 378 g/mol. The van der Waals surface area contributed by atoms with Crippen LogP contribution in [-0.2, 0) is 14.8 Å². The summed E-state index contributed by atoms with van der Waals surface area (Å²) in [6, 6.07) is 11.7. The molecule has 138 valence electrons. The van der Waals surface area contributed by atoms with Gasteiger partial charge in [-0.1, -0.05) is 12.1 Å². The standard InChI is InChI=1S/C17H18N2O6S/c1-3-25-13-10-8-12(9-11-13)16(20)18-19-26(22,23)15-7-5-4-6-14(15)17(21)24-2/h4-11,19H,3H2,1-2H3,(H,18,20). The van der Waals surface area contributed by atoms with Crippen molar-refractivity contribution in [1.29, 1.82) is 0 Å². The number of carbonyl (C=O) groups is 2. The van der Waals surface area contributed by atoms with Gasteiger partial charge in [0.05, 0.1) is 24.2 Å². The number of rotatable bonds is 7. The van der Waals surface area contributed by atoms with Crippen LogP contribution < -0.4 is 15.0 Å². The number of benzene rings is 2. The Morgan fingerprint density at radius 3 is 2.31 bits per heavy atom. The third-order valence-electron chi connectivity index (χ3n) is 3.31. The van der Waals surface area contributed by atoms with Gasteiger partial charge in [0.15, 0.2) is 0 Å². The molecule has 0 saturated heterocycles. The van der Waals surface area contributed by atoms with E-state index in [9.17, 15) is 18.0 Å². The second-order valence-electron chi connectivity index (χ2n) is 5.00. The molecular formula is C17H18N2O6S. The zero-order valence-corrected chi connectivity index (χ0v) is 15.0. The van der Waals surface area contributed by atoms with Gasteiger partial charge in [0.25, 0.3) is 15.9 Å². The highest BCUT2D eigenvalue weighted by Crippen LogP contribution is 2.16. The maximum Gasteiger partial charge on any atom is 0.339 e. The Hall–Kier alpha value is -2.91. The first-order chi connectivity index (χ1) is 12.4. The predicted octanol–water partition coefficient (Wildman–Crippen LogP) is 1.50. The van der Waals surface area contributed by atoms with Gasteiger partial charge in [0.2, 0.25) is 0 Å². The van der Waals surface area contributed by atoms with E-state index in [2.05, 4.69) is 10.2 Å². The highest BCUT2D eigenvalue weighted by atomic mass is 32.2. The maximum absolute atomic E-state index is 12.4. The first-order valence-electron chi connectivity index (χ1n) is 7.61. The van der Waals surface area contributed by atoms with Crippen molar-refractivity contribution in [3.63, 3.8) is 0 Å². The van der Waals surface area contributed by atoms with Gasteiger partial charge in [-0.15, -0.1) is 4.83 Å². The molecule has 0 spiro atoms. The molecule has 2 aromatic rings. The summed E-state index contributed by atoms with van der Waals surface area (Å²) in [7, 11) is -3.03. The van der Waals surface area contributed by atoms with Gasteiger partial charge in [-0.3, -0.25) is 10.2 Å². The van der Waals surface area contributed by atoms with Crippen LogP contribution >= 0.6 is 0 Å². The van der Waals surface area contributed by atoms with Crippen molar-refractivity contribution in [1.82, 2.24) is 10.3 Å². The number of carbonyl (C=O) groups excluding carboxylic acids is 2. The second-order valence-corrected chi connectivity index (χ2v) is 6.66. The van der Waals surface area contributed by atoms with E-state index in [0.717, 1.165) is 7.11 Å². The number of esters is 1. The fourth-order valence-corrected chi connectivity index (χ4v) is 3.13. The SMILES string of the molecule is CCOc1ccc(C(=O)NNS(=O)(=O)c2ccccc2C(=O)OC)cc1. The normalized spacial score (nSPS) is 10.8. The molecule has 9 heteroatoms. The minimum Gasteiger partial charge on any atom is -0.494 e. The number of ether oxygens (including phenoxy) is 2. The number of methoxy groups -OCH3 is 1.